The molecule has 0 radical (unpaired) electrons. The van der Waals surface area contributed by atoms with Crippen LogP contribution in [0, 0.1) is 18.2 Å². The van der Waals surface area contributed by atoms with E-state index in [1.807, 2.05) is 48.2 Å². The molecule has 34 heavy (non-hydrogen) atoms. The van der Waals surface area contributed by atoms with Crippen molar-refractivity contribution < 1.29 is 0 Å². The van der Waals surface area contributed by atoms with Gasteiger partial charge in [0.25, 0.3) is 6.71 Å². The van der Waals surface area contributed by atoms with E-state index in [4.69, 9.17) is 10.2 Å². The summed E-state index contributed by atoms with van der Waals surface area (Å²) in [6.07, 6.45) is 7.72. The van der Waals surface area contributed by atoms with Crippen molar-refractivity contribution in [3.63, 3.8) is 0 Å². The zero-order valence-electron chi connectivity index (χ0n) is 19.0. The molecule has 6 nitrogen and oxygen atoms in total. The molecule has 3 aromatic heterocycles. The fourth-order valence-electron chi connectivity index (χ4n) is 4.88. The fraction of sp³-hybridized carbons (Fsp3) is 0.185. The van der Waals surface area contributed by atoms with Crippen LogP contribution in [-0.2, 0) is 0 Å². The SMILES string of the molecule is Cc1cc(-c2cnn3cc(-c4ccc(N5CCB(C#N)CC5)cc4)cnc23)c2ccccc2n1. The van der Waals surface area contributed by atoms with Gasteiger partial charge in [0.1, 0.15) is 0 Å². The number of nitriles is 1. The Hall–Kier alpha value is -4.18. The minimum Gasteiger partial charge on any atom is -0.373 e. The lowest BCUT2D eigenvalue weighted by Gasteiger charge is -2.30. The molecule has 0 unspecified atom stereocenters. The van der Waals surface area contributed by atoms with Crippen LogP contribution in [0.4, 0.5) is 5.69 Å². The lowest BCUT2D eigenvalue weighted by molar-refractivity contribution is 0.822. The number of para-hydroxylation sites is 1. The van der Waals surface area contributed by atoms with Crippen LogP contribution in [0.3, 0.4) is 0 Å². The molecule has 1 aliphatic heterocycles. The molecule has 0 atom stereocenters. The molecule has 6 rings (SSSR count). The molecule has 0 amide bonds. The Bertz CT molecular complexity index is 1540. The van der Waals surface area contributed by atoms with Crippen LogP contribution in [0.15, 0.2) is 73.2 Å². The van der Waals surface area contributed by atoms with Gasteiger partial charge in [0.05, 0.1) is 11.7 Å². The molecule has 0 aliphatic carbocycles. The average Bonchev–Trinajstić information content (AvgIpc) is 3.31. The zero-order valence-corrected chi connectivity index (χ0v) is 19.0. The van der Waals surface area contributed by atoms with Crippen molar-refractivity contribution in [1.29, 1.82) is 5.26 Å². The summed E-state index contributed by atoms with van der Waals surface area (Å²) in [4.78, 5) is 11.8. The largest absolute Gasteiger partial charge is 0.373 e. The first-order valence-electron chi connectivity index (χ1n) is 11.6. The van der Waals surface area contributed by atoms with Gasteiger partial charge in [-0.05, 0) is 55.0 Å². The van der Waals surface area contributed by atoms with Crippen LogP contribution >= 0.6 is 0 Å². The topological polar surface area (TPSA) is 70.1 Å². The van der Waals surface area contributed by atoms with Gasteiger partial charge in [-0.3, -0.25) is 4.98 Å². The average molecular weight is 442 g/mol. The third kappa shape index (κ3) is 3.58. The standard InChI is InChI=1S/C27H23BN6/c1-19-14-24(23-4-2-3-5-26(23)32-19)25-16-31-34-17-21(15-30-27(25)34)20-6-8-22(9-7-20)33-12-10-28(18-29)11-13-33/h2-9,14-17H,10-13H2,1H3. The summed E-state index contributed by atoms with van der Waals surface area (Å²) in [7, 11) is 0. The smallest absolute Gasteiger partial charge is 0.271 e. The van der Waals surface area contributed by atoms with Crippen molar-refractivity contribution in [3.05, 3.63) is 78.9 Å². The van der Waals surface area contributed by atoms with Crippen molar-refractivity contribution in [2.75, 3.05) is 18.0 Å². The Morgan fingerprint density at radius 3 is 2.53 bits per heavy atom. The highest BCUT2D eigenvalue weighted by molar-refractivity contribution is 6.67. The Labute approximate surface area is 198 Å². The van der Waals surface area contributed by atoms with Crippen LogP contribution in [0.5, 0.6) is 0 Å². The fourth-order valence-corrected chi connectivity index (χ4v) is 4.88. The predicted molar refractivity (Wildman–Crippen MR) is 137 cm³/mol. The first-order valence-corrected chi connectivity index (χ1v) is 11.6. The third-order valence-corrected chi connectivity index (χ3v) is 6.73. The van der Waals surface area contributed by atoms with Gasteiger partial charge in [-0.2, -0.15) is 5.10 Å². The van der Waals surface area contributed by atoms with Gasteiger partial charge in [-0.1, -0.05) is 30.3 Å². The Morgan fingerprint density at radius 1 is 0.941 bits per heavy atom. The minimum atomic E-state index is 0.196. The zero-order chi connectivity index (χ0) is 23.1. The van der Waals surface area contributed by atoms with Gasteiger partial charge >= 0.3 is 0 Å². The highest BCUT2D eigenvalue weighted by atomic mass is 15.2. The molecular weight excluding hydrogens is 419 g/mol. The highest BCUT2D eigenvalue weighted by Crippen LogP contribution is 2.32. The quantitative estimate of drug-likeness (QED) is 0.355. The Balaban J connectivity index is 1.31. The molecule has 4 heterocycles. The summed E-state index contributed by atoms with van der Waals surface area (Å²) >= 11 is 0. The van der Waals surface area contributed by atoms with Crippen molar-refractivity contribution >= 4 is 29.0 Å². The number of pyridine rings is 1. The molecule has 1 aliphatic rings. The third-order valence-electron chi connectivity index (χ3n) is 6.73. The molecule has 1 fully saturated rings. The molecule has 164 valence electrons. The van der Waals surface area contributed by atoms with E-state index >= 15 is 0 Å². The van der Waals surface area contributed by atoms with E-state index in [2.05, 4.69) is 57.3 Å². The highest BCUT2D eigenvalue weighted by Gasteiger charge is 2.22. The first-order chi connectivity index (χ1) is 16.7. The molecule has 0 N–H and O–H groups in total. The van der Waals surface area contributed by atoms with Crippen LogP contribution in [-0.4, -0.2) is 39.4 Å². The maximum Gasteiger partial charge on any atom is 0.271 e. The van der Waals surface area contributed by atoms with E-state index in [0.717, 1.165) is 70.2 Å². The molecule has 5 aromatic rings. The number of aryl methyl sites for hydroxylation is 1. The van der Waals surface area contributed by atoms with Crippen molar-refractivity contribution in [3.8, 4) is 28.2 Å². The molecule has 0 bridgehead atoms. The van der Waals surface area contributed by atoms with E-state index in [9.17, 15) is 0 Å². The van der Waals surface area contributed by atoms with Crippen molar-refractivity contribution in [1.82, 2.24) is 19.6 Å². The van der Waals surface area contributed by atoms with Gasteiger partial charge < -0.3 is 4.90 Å². The molecule has 0 saturated carbocycles. The van der Waals surface area contributed by atoms with Gasteiger partial charge in [0.2, 0.25) is 0 Å². The van der Waals surface area contributed by atoms with E-state index in [1.165, 1.54) is 5.69 Å². The molecular formula is C27H23BN6. The van der Waals surface area contributed by atoms with E-state index in [-0.39, 0.29) is 6.71 Å². The molecule has 0 spiro atoms. The predicted octanol–water partition coefficient (Wildman–Crippen LogP) is 5.30. The number of benzene rings is 2. The van der Waals surface area contributed by atoms with E-state index in [0.29, 0.717) is 0 Å². The van der Waals surface area contributed by atoms with Gasteiger partial charge in [0, 0.05) is 59.3 Å². The summed E-state index contributed by atoms with van der Waals surface area (Å²) in [5.74, 6) is 2.40. The van der Waals surface area contributed by atoms with Crippen LogP contribution < -0.4 is 4.90 Å². The molecule has 2 aromatic carbocycles. The summed E-state index contributed by atoms with van der Waals surface area (Å²) in [6.45, 7) is 4.08. The number of rotatable bonds is 3. The maximum absolute atomic E-state index is 9.13. The Morgan fingerprint density at radius 2 is 1.74 bits per heavy atom. The number of anilines is 1. The van der Waals surface area contributed by atoms with Gasteiger partial charge in [-0.15, -0.1) is 0 Å². The summed E-state index contributed by atoms with van der Waals surface area (Å²) in [5, 5.41) is 14.8. The lowest BCUT2D eigenvalue weighted by atomic mass is 9.45. The van der Waals surface area contributed by atoms with E-state index in [1.54, 1.807) is 0 Å². The van der Waals surface area contributed by atoms with Crippen LogP contribution in [0.25, 0.3) is 38.8 Å². The van der Waals surface area contributed by atoms with Crippen LogP contribution in [0.1, 0.15) is 5.69 Å². The van der Waals surface area contributed by atoms with Gasteiger partial charge in [-0.25, -0.2) is 14.8 Å². The summed E-state index contributed by atoms with van der Waals surface area (Å²) < 4.78 is 1.86. The van der Waals surface area contributed by atoms with Crippen LogP contribution in [0.2, 0.25) is 12.6 Å². The maximum atomic E-state index is 9.13. The second-order valence-electron chi connectivity index (χ2n) is 8.93. The monoisotopic (exact) mass is 442 g/mol. The first kappa shape index (κ1) is 20.4. The number of hydrogen-bond donors (Lipinski definition) is 0. The van der Waals surface area contributed by atoms with Crippen molar-refractivity contribution in [2.24, 2.45) is 0 Å². The lowest BCUT2D eigenvalue weighted by Crippen LogP contribution is -2.36. The second-order valence-corrected chi connectivity index (χ2v) is 8.93. The number of fused-ring (bicyclic) bond motifs is 2. The molecule has 7 heteroatoms. The number of aromatic nitrogens is 4. The Kier molecular flexibility index (Phi) is 4.99. The summed E-state index contributed by atoms with van der Waals surface area (Å²) in [5.41, 5.74) is 8.21. The summed E-state index contributed by atoms with van der Waals surface area (Å²) in [6, 6.07) is 18.9. The molecule has 1 saturated heterocycles. The second kappa shape index (κ2) is 8.31. The van der Waals surface area contributed by atoms with E-state index < -0.39 is 0 Å². The minimum absolute atomic E-state index is 0.196. The number of hydrogen-bond acceptors (Lipinski definition) is 5. The normalized spacial score (nSPS) is 14.0. The number of nitrogens with zero attached hydrogens (tertiary/aromatic N) is 6. The van der Waals surface area contributed by atoms with Crippen molar-refractivity contribution in [2.45, 2.75) is 19.6 Å². The van der Waals surface area contributed by atoms with Gasteiger partial charge in [0.15, 0.2) is 5.65 Å².